The second kappa shape index (κ2) is 7.85. The Morgan fingerprint density at radius 3 is 3.00 bits per heavy atom. The number of ether oxygens (including phenoxy) is 1. The number of nitrogens with one attached hydrogen (secondary N) is 1. The molecule has 0 aromatic carbocycles. The van der Waals surface area contributed by atoms with E-state index >= 15 is 0 Å². The molecule has 0 aliphatic rings. The molecule has 3 heteroatoms. The number of hydrogen-bond acceptors (Lipinski definition) is 3. The molecule has 1 aromatic rings. The van der Waals surface area contributed by atoms with Gasteiger partial charge in [-0.15, -0.1) is 0 Å². The summed E-state index contributed by atoms with van der Waals surface area (Å²) < 4.78 is 5.54. The van der Waals surface area contributed by atoms with Crippen LogP contribution < -0.4 is 10.1 Å². The van der Waals surface area contributed by atoms with Gasteiger partial charge in [-0.3, -0.25) is 4.98 Å². The zero-order valence-corrected chi connectivity index (χ0v) is 10.9. The maximum Gasteiger partial charge on any atom is 0.138 e. The first kappa shape index (κ1) is 13.7. The van der Waals surface area contributed by atoms with E-state index in [2.05, 4.69) is 36.3 Å². The minimum atomic E-state index is 0.499. The SMILES string of the molecule is CCCOc1cncc(/C=C/C[C@H](C)NC)c1. The highest BCUT2D eigenvalue weighted by Crippen LogP contribution is 2.13. The first-order valence-corrected chi connectivity index (χ1v) is 6.18. The molecular formula is C14H22N2O. The molecule has 0 aliphatic carbocycles. The molecule has 1 atom stereocenters. The molecule has 0 unspecified atom stereocenters. The lowest BCUT2D eigenvalue weighted by Crippen LogP contribution is -2.19. The van der Waals surface area contributed by atoms with Crippen molar-refractivity contribution in [2.24, 2.45) is 0 Å². The standard InChI is InChI=1S/C14H22N2O/c1-4-8-17-14-9-13(10-16-11-14)7-5-6-12(2)15-3/h5,7,9-12,15H,4,6,8H2,1-3H3/b7-5+/t12-/m0/s1. The molecule has 1 rings (SSSR count). The van der Waals surface area contributed by atoms with Gasteiger partial charge in [-0.05, 0) is 38.4 Å². The van der Waals surface area contributed by atoms with Crippen molar-refractivity contribution in [3.05, 3.63) is 30.1 Å². The van der Waals surface area contributed by atoms with E-state index in [-0.39, 0.29) is 0 Å². The minimum Gasteiger partial charge on any atom is -0.492 e. The second-order valence-corrected chi connectivity index (χ2v) is 4.13. The summed E-state index contributed by atoms with van der Waals surface area (Å²) >= 11 is 0. The van der Waals surface area contributed by atoms with Crippen LogP contribution in [0.1, 0.15) is 32.3 Å². The quantitative estimate of drug-likeness (QED) is 0.787. The molecule has 0 saturated heterocycles. The highest BCUT2D eigenvalue weighted by Gasteiger charge is 1.96. The van der Waals surface area contributed by atoms with Crippen LogP contribution in [0.4, 0.5) is 0 Å². The average molecular weight is 234 g/mol. The Morgan fingerprint density at radius 1 is 1.47 bits per heavy atom. The van der Waals surface area contributed by atoms with Crippen molar-refractivity contribution < 1.29 is 4.74 Å². The molecule has 17 heavy (non-hydrogen) atoms. The van der Waals surface area contributed by atoms with Gasteiger partial charge in [0, 0.05) is 12.2 Å². The molecule has 1 aromatic heterocycles. The van der Waals surface area contributed by atoms with Crippen LogP contribution in [0.5, 0.6) is 5.75 Å². The maximum absolute atomic E-state index is 5.54. The van der Waals surface area contributed by atoms with Gasteiger partial charge in [0.15, 0.2) is 0 Å². The van der Waals surface area contributed by atoms with Gasteiger partial charge in [0.2, 0.25) is 0 Å². The van der Waals surface area contributed by atoms with E-state index < -0.39 is 0 Å². The third-order valence-electron chi connectivity index (χ3n) is 2.50. The lowest BCUT2D eigenvalue weighted by Gasteiger charge is -2.06. The fraction of sp³-hybridized carbons (Fsp3) is 0.500. The molecule has 0 fully saturated rings. The summed E-state index contributed by atoms with van der Waals surface area (Å²) in [6.45, 7) is 4.99. The molecule has 0 saturated carbocycles. The van der Waals surface area contributed by atoms with Crippen LogP contribution in [-0.2, 0) is 0 Å². The number of rotatable bonds is 7. The average Bonchev–Trinajstić information content (AvgIpc) is 2.36. The summed E-state index contributed by atoms with van der Waals surface area (Å²) in [7, 11) is 1.97. The molecule has 0 amide bonds. The van der Waals surface area contributed by atoms with Gasteiger partial charge in [0.1, 0.15) is 5.75 Å². The highest BCUT2D eigenvalue weighted by molar-refractivity contribution is 5.49. The van der Waals surface area contributed by atoms with E-state index in [0.29, 0.717) is 6.04 Å². The van der Waals surface area contributed by atoms with Gasteiger partial charge in [-0.2, -0.15) is 0 Å². The van der Waals surface area contributed by atoms with Crippen molar-refractivity contribution in [2.75, 3.05) is 13.7 Å². The van der Waals surface area contributed by atoms with Gasteiger partial charge in [-0.1, -0.05) is 19.1 Å². The monoisotopic (exact) mass is 234 g/mol. The van der Waals surface area contributed by atoms with E-state index in [1.807, 2.05) is 19.3 Å². The smallest absolute Gasteiger partial charge is 0.138 e. The van der Waals surface area contributed by atoms with Crippen LogP contribution >= 0.6 is 0 Å². The Balaban J connectivity index is 2.53. The topological polar surface area (TPSA) is 34.1 Å². The molecule has 3 nitrogen and oxygen atoms in total. The predicted molar refractivity (Wildman–Crippen MR) is 72.2 cm³/mol. The molecule has 0 bridgehead atoms. The van der Waals surface area contributed by atoms with E-state index in [1.165, 1.54) is 0 Å². The van der Waals surface area contributed by atoms with Crippen LogP contribution in [0, 0.1) is 0 Å². The Morgan fingerprint density at radius 2 is 2.29 bits per heavy atom. The van der Waals surface area contributed by atoms with E-state index in [9.17, 15) is 0 Å². The summed E-state index contributed by atoms with van der Waals surface area (Å²) in [5.74, 6) is 0.843. The Bertz CT molecular complexity index is 350. The Labute approximate surface area is 104 Å². The first-order chi connectivity index (χ1) is 8.26. The van der Waals surface area contributed by atoms with Crippen molar-refractivity contribution >= 4 is 6.08 Å². The molecule has 94 valence electrons. The van der Waals surface area contributed by atoms with Crippen molar-refractivity contribution in [1.29, 1.82) is 0 Å². The van der Waals surface area contributed by atoms with E-state index in [1.54, 1.807) is 6.20 Å². The van der Waals surface area contributed by atoms with Crippen LogP contribution in [0.2, 0.25) is 0 Å². The van der Waals surface area contributed by atoms with E-state index in [0.717, 1.165) is 30.8 Å². The van der Waals surface area contributed by atoms with Crippen LogP contribution in [0.3, 0.4) is 0 Å². The normalized spacial score (nSPS) is 12.9. The largest absolute Gasteiger partial charge is 0.492 e. The fourth-order valence-electron chi connectivity index (χ4n) is 1.35. The van der Waals surface area contributed by atoms with Crippen molar-refractivity contribution in [2.45, 2.75) is 32.7 Å². The molecule has 0 spiro atoms. The van der Waals surface area contributed by atoms with Gasteiger partial charge in [0.05, 0.1) is 12.8 Å². The minimum absolute atomic E-state index is 0.499. The van der Waals surface area contributed by atoms with Crippen molar-refractivity contribution in [3.63, 3.8) is 0 Å². The molecule has 0 radical (unpaired) electrons. The van der Waals surface area contributed by atoms with Crippen LogP contribution in [0.25, 0.3) is 6.08 Å². The van der Waals surface area contributed by atoms with Gasteiger partial charge in [0.25, 0.3) is 0 Å². The Hall–Kier alpha value is -1.35. The second-order valence-electron chi connectivity index (χ2n) is 4.13. The molecular weight excluding hydrogens is 212 g/mol. The van der Waals surface area contributed by atoms with E-state index in [4.69, 9.17) is 4.74 Å². The first-order valence-electron chi connectivity index (χ1n) is 6.18. The number of nitrogens with zero attached hydrogens (tertiary/aromatic N) is 1. The van der Waals surface area contributed by atoms with Gasteiger partial charge < -0.3 is 10.1 Å². The lowest BCUT2D eigenvalue weighted by atomic mass is 10.2. The third kappa shape index (κ3) is 5.50. The molecule has 0 aliphatic heterocycles. The number of pyridine rings is 1. The highest BCUT2D eigenvalue weighted by atomic mass is 16.5. The maximum atomic E-state index is 5.54. The van der Waals surface area contributed by atoms with Gasteiger partial charge in [-0.25, -0.2) is 0 Å². The van der Waals surface area contributed by atoms with Crippen LogP contribution in [0.15, 0.2) is 24.5 Å². The Kier molecular flexibility index (Phi) is 6.33. The molecule has 1 heterocycles. The fourth-order valence-corrected chi connectivity index (χ4v) is 1.35. The third-order valence-corrected chi connectivity index (χ3v) is 2.50. The summed E-state index contributed by atoms with van der Waals surface area (Å²) in [4.78, 5) is 4.16. The zero-order valence-electron chi connectivity index (χ0n) is 10.9. The summed E-state index contributed by atoms with van der Waals surface area (Å²) in [6.07, 6.45) is 9.86. The number of aromatic nitrogens is 1. The summed E-state index contributed by atoms with van der Waals surface area (Å²) in [6, 6.07) is 2.52. The predicted octanol–water partition coefficient (Wildman–Crippen LogP) is 2.88. The number of hydrogen-bond donors (Lipinski definition) is 1. The summed E-state index contributed by atoms with van der Waals surface area (Å²) in [5, 5.41) is 3.20. The molecule has 1 N–H and O–H groups in total. The van der Waals surface area contributed by atoms with Crippen LogP contribution in [-0.4, -0.2) is 24.7 Å². The van der Waals surface area contributed by atoms with Crippen molar-refractivity contribution in [1.82, 2.24) is 10.3 Å². The summed E-state index contributed by atoms with van der Waals surface area (Å²) in [5.41, 5.74) is 1.09. The lowest BCUT2D eigenvalue weighted by molar-refractivity contribution is 0.316. The van der Waals surface area contributed by atoms with Crippen molar-refractivity contribution in [3.8, 4) is 5.75 Å². The zero-order chi connectivity index (χ0) is 12.5. The van der Waals surface area contributed by atoms with Gasteiger partial charge >= 0.3 is 0 Å².